The van der Waals surface area contributed by atoms with Crippen LogP contribution in [-0.4, -0.2) is 25.8 Å². The molecule has 0 atom stereocenters. The average molecular weight is 293 g/mol. The second-order valence-electron chi connectivity index (χ2n) is 4.87. The van der Waals surface area contributed by atoms with Gasteiger partial charge in [-0.25, -0.2) is 4.98 Å². The molecule has 0 saturated heterocycles. The lowest BCUT2D eigenvalue weighted by molar-refractivity contribution is 0.580. The van der Waals surface area contributed by atoms with Crippen molar-refractivity contribution in [2.45, 2.75) is 43.5 Å². The highest BCUT2D eigenvalue weighted by atomic mass is 32.2. The van der Waals surface area contributed by atoms with Crippen LogP contribution in [0.3, 0.4) is 0 Å². The van der Waals surface area contributed by atoms with E-state index in [0.29, 0.717) is 11.2 Å². The highest BCUT2D eigenvalue weighted by Crippen LogP contribution is 2.28. The van der Waals surface area contributed by atoms with Crippen LogP contribution >= 0.6 is 11.8 Å². The molecule has 0 fully saturated rings. The van der Waals surface area contributed by atoms with Crippen molar-refractivity contribution in [2.24, 2.45) is 7.05 Å². The lowest BCUT2D eigenvalue weighted by atomic mass is 10.2. The molecule has 0 aromatic carbocycles. The normalized spacial score (nSPS) is 11.2. The minimum absolute atomic E-state index is 0.150. The van der Waals surface area contributed by atoms with Crippen molar-refractivity contribution in [3.63, 3.8) is 0 Å². The van der Waals surface area contributed by atoms with E-state index in [2.05, 4.69) is 34.2 Å². The third-order valence-corrected chi connectivity index (χ3v) is 3.92. The van der Waals surface area contributed by atoms with Crippen LogP contribution in [0.15, 0.2) is 27.2 Å². The number of nitrogens with zero attached hydrogens (tertiary/aromatic N) is 3. The molecule has 2 aromatic rings. The van der Waals surface area contributed by atoms with Gasteiger partial charge in [0.25, 0.3) is 5.56 Å². The highest BCUT2D eigenvalue weighted by molar-refractivity contribution is 7.99. The number of H-pyrrole nitrogens is 1. The molecule has 7 heteroatoms. The van der Waals surface area contributed by atoms with Gasteiger partial charge in [-0.3, -0.25) is 9.48 Å². The molecule has 2 heterocycles. The van der Waals surface area contributed by atoms with E-state index in [4.69, 9.17) is 0 Å². The zero-order valence-corrected chi connectivity index (χ0v) is 12.9. The zero-order valence-electron chi connectivity index (χ0n) is 12.1. The number of hydrogen-bond donors (Lipinski definition) is 2. The van der Waals surface area contributed by atoms with E-state index >= 15 is 0 Å². The monoisotopic (exact) mass is 293 g/mol. The van der Waals surface area contributed by atoms with Gasteiger partial charge in [0.15, 0.2) is 5.16 Å². The largest absolute Gasteiger partial charge is 0.310 e. The summed E-state index contributed by atoms with van der Waals surface area (Å²) in [6.07, 6.45) is 1.51. The molecule has 2 N–H and O–H groups in total. The van der Waals surface area contributed by atoms with Gasteiger partial charge in [-0.1, -0.05) is 13.8 Å². The maximum atomic E-state index is 11.3. The first kappa shape index (κ1) is 14.8. The predicted molar refractivity (Wildman–Crippen MR) is 78.9 cm³/mol. The Kier molecular flexibility index (Phi) is 4.61. The van der Waals surface area contributed by atoms with Gasteiger partial charge >= 0.3 is 0 Å². The molecule has 6 nitrogen and oxygen atoms in total. The first-order valence-electron chi connectivity index (χ1n) is 6.46. The molecule has 0 amide bonds. The van der Waals surface area contributed by atoms with Crippen LogP contribution in [0.5, 0.6) is 0 Å². The van der Waals surface area contributed by atoms with Crippen molar-refractivity contribution < 1.29 is 0 Å². The number of aromatic nitrogens is 4. The first-order valence-corrected chi connectivity index (χ1v) is 7.28. The van der Waals surface area contributed by atoms with Crippen molar-refractivity contribution in [2.75, 3.05) is 0 Å². The minimum atomic E-state index is -0.150. The Hall–Kier alpha value is -1.60. The van der Waals surface area contributed by atoms with E-state index in [1.54, 1.807) is 0 Å². The average Bonchev–Trinajstić information content (AvgIpc) is 2.62. The summed E-state index contributed by atoms with van der Waals surface area (Å²) in [7, 11) is 1.90. The number of aryl methyl sites for hydroxylation is 2. The van der Waals surface area contributed by atoms with Gasteiger partial charge in [-0.2, -0.15) is 5.10 Å². The van der Waals surface area contributed by atoms with Gasteiger partial charge in [-0.05, 0) is 18.7 Å². The highest BCUT2D eigenvalue weighted by Gasteiger charge is 2.15. The molecular weight excluding hydrogens is 274 g/mol. The molecule has 0 saturated carbocycles. The molecule has 2 rings (SSSR count). The number of hydrogen-bond acceptors (Lipinski definition) is 5. The van der Waals surface area contributed by atoms with Gasteiger partial charge < -0.3 is 10.3 Å². The summed E-state index contributed by atoms with van der Waals surface area (Å²) < 4.78 is 1.82. The van der Waals surface area contributed by atoms with Crippen molar-refractivity contribution >= 4 is 11.8 Å². The summed E-state index contributed by atoms with van der Waals surface area (Å²) in [6, 6.07) is 1.81. The molecule has 0 unspecified atom stereocenters. The fourth-order valence-electron chi connectivity index (χ4n) is 1.81. The fourth-order valence-corrected chi connectivity index (χ4v) is 2.78. The molecule has 0 aliphatic rings. The molecule has 20 heavy (non-hydrogen) atoms. The van der Waals surface area contributed by atoms with Crippen LogP contribution in [0.25, 0.3) is 0 Å². The standard InChI is InChI=1S/C13H19N5OS/c1-8(2)15-7-10-9(3)17-18(4)12(10)20-13-14-6-5-11(19)16-13/h5-6,8,15H,7H2,1-4H3,(H,14,16,19). The number of rotatable bonds is 5. The molecule has 108 valence electrons. The summed E-state index contributed by atoms with van der Waals surface area (Å²) in [6.45, 7) is 6.95. The first-order chi connectivity index (χ1) is 9.47. The number of aromatic amines is 1. The van der Waals surface area contributed by atoms with E-state index in [0.717, 1.165) is 22.8 Å². The molecule has 2 aromatic heterocycles. The second-order valence-corrected chi connectivity index (χ2v) is 5.85. The summed E-state index contributed by atoms with van der Waals surface area (Å²) in [4.78, 5) is 18.2. The Morgan fingerprint density at radius 2 is 2.25 bits per heavy atom. The van der Waals surface area contributed by atoms with E-state index in [9.17, 15) is 4.79 Å². The third-order valence-electron chi connectivity index (χ3n) is 2.82. The Labute approximate surface area is 122 Å². The van der Waals surface area contributed by atoms with Gasteiger partial charge in [0.2, 0.25) is 0 Å². The summed E-state index contributed by atoms with van der Waals surface area (Å²) in [5.74, 6) is 0. The molecule has 0 radical (unpaired) electrons. The maximum Gasteiger partial charge on any atom is 0.251 e. The van der Waals surface area contributed by atoms with Crippen LogP contribution in [0.4, 0.5) is 0 Å². The SMILES string of the molecule is Cc1nn(C)c(Sc2nccc(=O)[nH]2)c1CNC(C)C. The van der Waals surface area contributed by atoms with E-state index in [1.165, 1.54) is 24.0 Å². The topological polar surface area (TPSA) is 75.6 Å². The predicted octanol–water partition coefficient (Wildman–Crippen LogP) is 1.46. The Balaban J connectivity index is 2.28. The molecule has 0 spiro atoms. The van der Waals surface area contributed by atoms with Crippen molar-refractivity contribution in [1.82, 2.24) is 25.1 Å². The van der Waals surface area contributed by atoms with E-state index in [-0.39, 0.29) is 5.56 Å². The quantitative estimate of drug-likeness (QED) is 0.816. The van der Waals surface area contributed by atoms with Gasteiger partial charge in [-0.15, -0.1) is 0 Å². The van der Waals surface area contributed by atoms with Gasteiger partial charge in [0, 0.05) is 37.5 Å². The molecule has 0 aliphatic carbocycles. The zero-order chi connectivity index (χ0) is 14.7. The van der Waals surface area contributed by atoms with Crippen molar-refractivity contribution in [3.8, 4) is 0 Å². The molecule has 0 bridgehead atoms. The van der Waals surface area contributed by atoms with Crippen LogP contribution in [0.2, 0.25) is 0 Å². The van der Waals surface area contributed by atoms with Crippen LogP contribution in [-0.2, 0) is 13.6 Å². The number of nitrogens with one attached hydrogen (secondary N) is 2. The molecular formula is C13H19N5OS. The van der Waals surface area contributed by atoms with Gasteiger partial charge in [0.05, 0.1) is 5.69 Å². The van der Waals surface area contributed by atoms with Gasteiger partial charge in [0.1, 0.15) is 5.03 Å². The minimum Gasteiger partial charge on any atom is -0.310 e. The summed E-state index contributed by atoms with van der Waals surface area (Å²) in [5.41, 5.74) is 1.97. The smallest absolute Gasteiger partial charge is 0.251 e. The van der Waals surface area contributed by atoms with E-state index < -0.39 is 0 Å². The summed E-state index contributed by atoms with van der Waals surface area (Å²) >= 11 is 1.42. The van der Waals surface area contributed by atoms with Crippen LogP contribution in [0.1, 0.15) is 25.1 Å². The third kappa shape index (κ3) is 3.49. The Bertz CT molecular complexity index is 646. The van der Waals surface area contributed by atoms with Crippen molar-refractivity contribution in [3.05, 3.63) is 33.9 Å². The molecule has 0 aliphatic heterocycles. The Morgan fingerprint density at radius 3 is 2.90 bits per heavy atom. The second kappa shape index (κ2) is 6.23. The van der Waals surface area contributed by atoms with Crippen LogP contribution < -0.4 is 10.9 Å². The Morgan fingerprint density at radius 1 is 1.50 bits per heavy atom. The van der Waals surface area contributed by atoms with Crippen LogP contribution in [0, 0.1) is 6.92 Å². The lowest BCUT2D eigenvalue weighted by Gasteiger charge is -2.09. The van der Waals surface area contributed by atoms with Crippen molar-refractivity contribution in [1.29, 1.82) is 0 Å². The maximum absolute atomic E-state index is 11.3. The van der Waals surface area contributed by atoms with E-state index in [1.807, 2.05) is 18.7 Å². The fraction of sp³-hybridized carbons (Fsp3) is 0.462. The lowest BCUT2D eigenvalue weighted by Crippen LogP contribution is -2.22. The summed E-state index contributed by atoms with van der Waals surface area (Å²) in [5, 5.41) is 9.40.